The van der Waals surface area contributed by atoms with Gasteiger partial charge in [0.05, 0.1) is 11.1 Å². The molecule has 2 aromatic heterocycles. The van der Waals surface area contributed by atoms with Crippen LogP contribution in [-0.2, 0) is 13.6 Å². The van der Waals surface area contributed by atoms with E-state index in [4.69, 9.17) is 0 Å². The van der Waals surface area contributed by atoms with Crippen LogP contribution in [0.4, 0.5) is 0 Å². The highest BCUT2D eigenvalue weighted by molar-refractivity contribution is 7.99. The highest BCUT2D eigenvalue weighted by atomic mass is 32.2. The lowest BCUT2D eigenvalue weighted by Gasteiger charge is -2.09. The van der Waals surface area contributed by atoms with Crippen molar-refractivity contribution in [3.63, 3.8) is 0 Å². The van der Waals surface area contributed by atoms with E-state index in [0.717, 1.165) is 23.0 Å². The largest absolute Gasteiger partial charge is 0.312 e. The molecule has 4 nitrogen and oxygen atoms in total. The van der Waals surface area contributed by atoms with Crippen molar-refractivity contribution in [3.05, 3.63) is 35.8 Å². The van der Waals surface area contributed by atoms with Crippen molar-refractivity contribution in [1.29, 1.82) is 0 Å². The molecule has 0 unspecified atom stereocenters. The number of hydrogen-bond donors (Lipinski definition) is 1. The second-order valence-corrected chi connectivity index (χ2v) is 6.50. The van der Waals surface area contributed by atoms with Crippen molar-refractivity contribution in [2.75, 3.05) is 6.54 Å². The topological polar surface area (TPSA) is 42.7 Å². The van der Waals surface area contributed by atoms with Crippen molar-refractivity contribution < 1.29 is 0 Å². The normalized spacial score (nSPS) is 11.2. The standard InChI is InChI=1S/C15H22N4S/c1-11(2)6-16-7-13-5-12(3)15(17-8-13)20-14-9-18-19(4)10-14/h5,8-11,16H,6-7H2,1-4H3. The Balaban J connectivity index is 1.98. The van der Waals surface area contributed by atoms with Crippen LogP contribution >= 0.6 is 11.8 Å². The van der Waals surface area contributed by atoms with Gasteiger partial charge in [-0.15, -0.1) is 0 Å². The number of pyridine rings is 1. The average Bonchev–Trinajstić information content (AvgIpc) is 2.78. The molecule has 0 aliphatic rings. The van der Waals surface area contributed by atoms with Gasteiger partial charge in [-0.1, -0.05) is 31.7 Å². The third kappa shape index (κ3) is 4.35. The highest BCUT2D eigenvalue weighted by Crippen LogP contribution is 2.28. The minimum atomic E-state index is 0.671. The maximum absolute atomic E-state index is 4.57. The van der Waals surface area contributed by atoms with Crippen LogP contribution in [0.2, 0.25) is 0 Å². The lowest BCUT2D eigenvalue weighted by molar-refractivity contribution is 0.551. The summed E-state index contributed by atoms with van der Waals surface area (Å²) < 4.78 is 1.81. The van der Waals surface area contributed by atoms with Gasteiger partial charge in [-0.2, -0.15) is 5.10 Å². The predicted molar refractivity (Wildman–Crippen MR) is 82.8 cm³/mol. The minimum absolute atomic E-state index is 0.671. The van der Waals surface area contributed by atoms with Gasteiger partial charge in [0.15, 0.2) is 0 Å². The zero-order chi connectivity index (χ0) is 14.5. The first-order valence-corrected chi connectivity index (χ1v) is 7.69. The summed E-state index contributed by atoms with van der Waals surface area (Å²) in [6.07, 6.45) is 5.83. The zero-order valence-corrected chi connectivity index (χ0v) is 13.4. The summed E-state index contributed by atoms with van der Waals surface area (Å²) in [5.41, 5.74) is 2.45. The van der Waals surface area contributed by atoms with Gasteiger partial charge in [0.25, 0.3) is 0 Å². The second kappa shape index (κ2) is 6.90. The molecule has 0 amide bonds. The van der Waals surface area contributed by atoms with Crippen LogP contribution in [-0.4, -0.2) is 21.3 Å². The Morgan fingerprint density at radius 1 is 1.35 bits per heavy atom. The van der Waals surface area contributed by atoms with Crippen molar-refractivity contribution >= 4 is 11.8 Å². The van der Waals surface area contributed by atoms with Crippen molar-refractivity contribution in [1.82, 2.24) is 20.1 Å². The van der Waals surface area contributed by atoms with Gasteiger partial charge in [0.1, 0.15) is 5.03 Å². The van der Waals surface area contributed by atoms with Gasteiger partial charge in [-0.25, -0.2) is 4.98 Å². The lowest BCUT2D eigenvalue weighted by atomic mass is 10.2. The molecule has 5 heteroatoms. The number of nitrogens with one attached hydrogen (secondary N) is 1. The van der Waals surface area contributed by atoms with Crippen LogP contribution in [0.3, 0.4) is 0 Å². The quantitative estimate of drug-likeness (QED) is 0.888. The van der Waals surface area contributed by atoms with E-state index < -0.39 is 0 Å². The zero-order valence-electron chi connectivity index (χ0n) is 12.6. The summed E-state index contributed by atoms with van der Waals surface area (Å²) in [5.74, 6) is 0.671. The number of hydrogen-bond acceptors (Lipinski definition) is 4. The van der Waals surface area contributed by atoms with E-state index in [0.29, 0.717) is 5.92 Å². The summed E-state index contributed by atoms with van der Waals surface area (Å²) in [6.45, 7) is 8.45. The Labute approximate surface area is 125 Å². The van der Waals surface area contributed by atoms with E-state index in [1.165, 1.54) is 11.1 Å². The fourth-order valence-corrected chi connectivity index (χ4v) is 2.75. The summed E-state index contributed by atoms with van der Waals surface area (Å²) in [7, 11) is 1.92. The fourth-order valence-electron chi connectivity index (χ4n) is 1.89. The molecule has 108 valence electrons. The number of rotatable bonds is 6. The molecule has 0 aromatic carbocycles. The average molecular weight is 290 g/mol. The Morgan fingerprint density at radius 2 is 2.15 bits per heavy atom. The Morgan fingerprint density at radius 3 is 2.75 bits per heavy atom. The van der Waals surface area contributed by atoms with Gasteiger partial charge in [0.2, 0.25) is 0 Å². The van der Waals surface area contributed by atoms with Crippen molar-refractivity contribution in [2.24, 2.45) is 13.0 Å². The molecule has 0 aliphatic heterocycles. The lowest BCUT2D eigenvalue weighted by Crippen LogP contribution is -2.19. The highest BCUT2D eigenvalue weighted by Gasteiger charge is 2.06. The molecule has 0 fully saturated rings. The van der Waals surface area contributed by atoms with E-state index in [1.54, 1.807) is 11.8 Å². The Hall–Kier alpha value is -1.33. The molecule has 2 rings (SSSR count). The van der Waals surface area contributed by atoms with E-state index in [9.17, 15) is 0 Å². The SMILES string of the molecule is Cc1cc(CNCC(C)C)cnc1Sc1cnn(C)c1. The van der Waals surface area contributed by atoms with Gasteiger partial charge in [-0.05, 0) is 30.5 Å². The van der Waals surface area contributed by atoms with E-state index in [-0.39, 0.29) is 0 Å². The van der Waals surface area contributed by atoms with Crippen LogP contribution in [0, 0.1) is 12.8 Å². The molecule has 0 radical (unpaired) electrons. The van der Waals surface area contributed by atoms with Crippen LogP contribution < -0.4 is 5.32 Å². The molecular weight excluding hydrogens is 268 g/mol. The molecule has 0 spiro atoms. The molecule has 2 aromatic rings. The van der Waals surface area contributed by atoms with Gasteiger partial charge in [-0.3, -0.25) is 4.68 Å². The summed E-state index contributed by atoms with van der Waals surface area (Å²) in [6, 6.07) is 2.21. The monoisotopic (exact) mass is 290 g/mol. The summed E-state index contributed by atoms with van der Waals surface area (Å²) in [4.78, 5) is 5.69. The Bertz CT molecular complexity index is 563. The van der Waals surface area contributed by atoms with Crippen LogP contribution in [0.25, 0.3) is 0 Å². The first kappa shape index (κ1) is 15.1. The molecule has 0 aliphatic carbocycles. The summed E-state index contributed by atoms with van der Waals surface area (Å²) >= 11 is 1.66. The second-order valence-electron chi connectivity index (χ2n) is 5.44. The smallest absolute Gasteiger partial charge is 0.104 e. The number of aryl methyl sites for hydroxylation is 2. The molecular formula is C15H22N4S. The third-order valence-corrected chi connectivity index (χ3v) is 3.93. The third-order valence-electron chi connectivity index (χ3n) is 2.86. The molecule has 1 N–H and O–H groups in total. The van der Waals surface area contributed by atoms with E-state index in [1.807, 2.05) is 30.3 Å². The van der Waals surface area contributed by atoms with Crippen LogP contribution in [0.15, 0.2) is 34.6 Å². The number of nitrogens with zero attached hydrogens (tertiary/aromatic N) is 3. The minimum Gasteiger partial charge on any atom is -0.312 e. The first-order valence-electron chi connectivity index (χ1n) is 6.87. The van der Waals surface area contributed by atoms with Crippen molar-refractivity contribution in [3.8, 4) is 0 Å². The summed E-state index contributed by atoms with van der Waals surface area (Å²) in [5, 5.41) is 8.66. The molecule has 0 atom stereocenters. The van der Waals surface area contributed by atoms with E-state index in [2.05, 4.69) is 42.2 Å². The number of aromatic nitrogens is 3. The van der Waals surface area contributed by atoms with Gasteiger partial charge < -0.3 is 5.32 Å². The van der Waals surface area contributed by atoms with Gasteiger partial charge in [0, 0.05) is 26.0 Å². The molecule has 0 bridgehead atoms. The maximum Gasteiger partial charge on any atom is 0.104 e. The van der Waals surface area contributed by atoms with Crippen molar-refractivity contribution in [2.45, 2.75) is 37.2 Å². The Kier molecular flexibility index (Phi) is 5.20. The molecule has 0 saturated heterocycles. The van der Waals surface area contributed by atoms with Gasteiger partial charge >= 0.3 is 0 Å². The predicted octanol–water partition coefficient (Wildman–Crippen LogP) is 3.02. The van der Waals surface area contributed by atoms with Crippen LogP contribution in [0.1, 0.15) is 25.0 Å². The van der Waals surface area contributed by atoms with E-state index >= 15 is 0 Å². The molecule has 20 heavy (non-hydrogen) atoms. The molecule has 2 heterocycles. The molecule has 0 saturated carbocycles. The first-order chi connectivity index (χ1) is 9.54. The van der Waals surface area contributed by atoms with Crippen LogP contribution in [0.5, 0.6) is 0 Å². The fraction of sp³-hybridized carbons (Fsp3) is 0.467. The maximum atomic E-state index is 4.57.